The highest BCUT2D eigenvalue weighted by atomic mass is 28.3. The summed E-state index contributed by atoms with van der Waals surface area (Å²) in [5.41, 5.74) is 1.89. The number of aliphatic hydroxyl groups is 1. The van der Waals surface area contributed by atoms with Crippen molar-refractivity contribution in [3.8, 4) is 5.75 Å². The molecule has 5 nitrogen and oxygen atoms in total. The zero-order valence-corrected chi connectivity index (χ0v) is 15.6. The summed E-state index contributed by atoms with van der Waals surface area (Å²) < 4.78 is 2.16. The molecule has 0 unspecified atom stereocenters. The summed E-state index contributed by atoms with van der Waals surface area (Å²) in [5, 5.41) is 22.5. The number of hydrogen-bond donors (Lipinski definition) is 3. The molecule has 0 aliphatic carbocycles. The van der Waals surface area contributed by atoms with Crippen LogP contribution < -0.4 is 5.32 Å². The second-order valence-corrected chi connectivity index (χ2v) is 8.95. The van der Waals surface area contributed by atoms with Gasteiger partial charge in [0.15, 0.2) is 8.96 Å². The Morgan fingerprint density at radius 2 is 1.76 bits per heavy atom. The van der Waals surface area contributed by atoms with Crippen molar-refractivity contribution >= 4 is 14.9 Å². The second kappa shape index (κ2) is 9.36. The lowest BCUT2D eigenvalue weighted by Crippen LogP contribution is -2.46. The Hall–Kier alpha value is -2.15. The number of hydrogen-bond acceptors (Lipinski definition) is 4. The molecule has 1 radical (unpaired) electrons. The number of carbonyl (C=O) groups excluding carboxylic acids is 1. The van der Waals surface area contributed by atoms with Gasteiger partial charge in [-0.1, -0.05) is 42.5 Å². The van der Waals surface area contributed by atoms with Crippen LogP contribution in [0.15, 0.2) is 54.6 Å². The molecule has 0 saturated carbocycles. The van der Waals surface area contributed by atoms with Gasteiger partial charge in [0.25, 0.3) is 0 Å². The predicted octanol–water partition coefficient (Wildman–Crippen LogP) is 1.81. The highest BCUT2D eigenvalue weighted by molar-refractivity contribution is 6.55. The van der Waals surface area contributed by atoms with E-state index in [0.29, 0.717) is 6.17 Å². The van der Waals surface area contributed by atoms with Crippen LogP contribution in [0.4, 0.5) is 0 Å². The zero-order valence-electron chi connectivity index (χ0n) is 14.6. The quantitative estimate of drug-likeness (QED) is 0.630. The summed E-state index contributed by atoms with van der Waals surface area (Å²) in [4.78, 5) is 12.1. The number of nitrogens with one attached hydrogen (secondary N) is 1. The van der Waals surface area contributed by atoms with Crippen molar-refractivity contribution in [2.75, 3.05) is 20.3 Å². The largest absolute Gasteiger partial charge is 0.508 e. The van der Waals surface area contributed by atoms with Crippen LogP contribution in [0.3, 0.4) is 0 Å². The van der Waals surface area contributed by atoms with Gasteiger partial charge in [0, 0.05) is 6.17 Å². The van der Waals surface area contributed by atoms with Gasteiger partial charge in [-0.05, 0) is 43.4 Å². The van der Waals surface area contributed by atoms with Crippen LogP contribution in [0.2, 0.25) is 0 Å². The standard InChI is InChI=1S/C19H25N2O3Si/c1-21(2)25(13-15-8-10-17(22)11-9-15)14-20-19(24)12-18(23)16-6-4-3-5-7-16/h3-11,18,22-23H,12-14H2,1-2H3,(H,20,24)/t18-/m0/s1. The van der Waals surface area contributed by atoms with E-state index in [1.165, 1.54) is 0 Å². The van der Waals surface area contributed by atoms with E-state index in [9.17, 15) is 15.0 Å². The smallest absolute Gasteiger partial charge is 0.222 e. The number of phenols is 1. The van der Waals surface area contributed by atoms with E-state index in [0.717, 1.165) is 17.2 Å². The normalized spacial score (nSPS) is 12.4. The van der Waals surface area contributed by atoms with Crippen molar-refractivity contribution in [2.45, 2.75) is 18.6 Å². The van der Waals surface area contributed by atoms with Gasteiger partial charge in [-0.25, -0.2) is 0 Å². The van der Waals surface area contributed by atoms with Crippen LogP contribution in [0, 0.1) is 0 Å². The summed E-state index contributed by atoms with van der Waals surface area (Å²) in [6.45, 7) is 0. The van der Waals surface area contributed by atoms with E-state index < -0.39 is 15.1 Å². The molecule has 0 spiro atoms. The lowest BCUT2D eigenvalue weighted by Gasteiger charge is -2.23. The summed E-state index contributed by atoms with van der Waals surface area (Å²) in [6.07, 6.45) is -0.127. The molecule has 25 heavy (non-hydrogen) atoms. The van der Waals surface area contributed by atoms with Crippen LogP contribution >= 0.6 is 0 Å². The van der Waals surface area contributed by atoms with E-state index in [1.807, 2.05) is 56.6 Å². The van der Waals surface area contributed by atoms with Gasteiger partial charge < -0.3 is 20.1 Å². The molecule has 2 rings (SSSR count). The zero-order chi connectivity index (χ0) is 18.2. The molecular weight excluding hydrogens is 332 g/mol. The third-order valence-corrected chi connectivity index (χ3v) is 6.70. The molecule has 6 heteroatoms. The lowest BCUT2D eigenvalue weighted by molar-refractivity contribution is -0.122. The minimum absolute atomic E-state index is 0.0613. The van der Waals surface area contributed by atoms with Gasteiger partial charge in [-0.15, -0.1) is 0 Å². The number of rotatable bonds is 8. The molecule has 2 aromatic carbocycles. The Kier molecular flexibility index (Phi) is 7.18. The summed E-state index contributed by atoms with van der Waals surface area (Å²) in [5.74, 6) is 0.108. The van der Waals surface area contributed by atoms with Crippen molar-refractivity contribution in [2.24, 2.45) is 0 Å². The number of aromatic hydroxyl groups is 1. The maximum Gasteiger partial charge on any atom is 0.222 e. The van der Waals surface area contributed by atoms with Crippen molar-refractivity contribution in [3.63, 3.8) is 0 Å². The first kappa shape index (κ1) is 19.2. The number of nitrogens with zero attached hydrogens (tertiary/aromatic N) is 1. The fourth-order valence-electron chi connectivity index (χ4n) is 2.47. The Morgan fingerprint density at radius 1 is 1.12 bits per heavy atom. The van der Waals surface area contributed by atoms with Crippen molar-refractivity contribution in [1.82, 2.24) is 9.88 Å². The molecule has 0 saturated heterocycles. The first-order valence-corrected chi connectivity index (χ1v) is 10.1. The SMILES string of the molecule is CN(C)[Si](CNC(=O)C[C@H](O)c1ccccc1)Cc1ccc(O)cc1. The summed E-state index contributed by atoms with van der Waals surface area (Å²) in [6, 6.07) is 17.2. The first-order valence-electron chi connectivity index (χ1n) is 8.25. The van der Waals surface area contributed by atoms with Gasteiger partial charge in [-0.2, -0.15) is 0 Å². The van der Waals surface area contributed by atoms with Gasteiger partial charge in [-0.3, -0.25) is 4.79 Å². The minimum Gasteiger partial charge on any atom is -0.508 e. The van der Waals surface area contributed by atoms with E-state index >= 15 is 0 Å². The Balaban J connectivity index is 1.85. The third-order valence-electron chi connectivity index (χ3n) is 4.03. The third kappa shape index (κ3) is 6.34. The molecule has 3 N–H and O–H groups in total. The molecule has 133 valence electrons. The first-order chi connectivity index (χ1) is 12.0. The lowest BCUT2D eigenvalue weighted by atomic mass is 10.1. The van der Waals surface area contributed by atoms with Crippen molar-refractivity contribution in [3.05, 3.63) is 65.7 Å². The van der Waals surface area contributed by atoms with Gasteiger partial charge in [0.1, 0.15) is 5.75 Å². The fraction of sp³-hybridized carbons (Fsp3) is 0.316. The number of amides is 1. The number of aliphatic hydroxyl groups excluding tert-OH is 1. The van der Waals surface area contributed by atoms with Crippen LogP contribution in [0.5, 0.6) is 5.75 Å². The Bertz CT molecular complexity index is 662. The van der Waals surface area contributed by atoms with Gasteiger partial charge >= 0.3 is 0 Å². The molecule has 0 bridgehead atoms. The molecule has 0 aromatic heterocycles. The highest BCUT2D eigenvalue weighted by Crippen LogP contribution is 2.15. The minimum atomic E-state index is -0.983. The van der Waals surface area contributed by atoms with Gasteiger partial charge in [0.05, 0.1) is 12.5 Å². The van der Waals surface area contributed by atoms with Gasteiger partial charge in [0.2, 0.25) is 5.91 Å². The average molecular weight is 358 g/mol. The summed E-state index contributed by atoms with van der Waals surface area (Å²) >= 11 is 0. The van der Waals surface area contributed by atoms with Crippen LogP contribution in [0.25, 0.3) is 0 Å². The maximum absolute atomic E-state index is 12.1. The second-order valence-electron chi connectivity index (χ2n) is 6.21. The molecule has 2 aromatic rings. The van der Waals surface area contributed by atoms with E-state index in [4.69, 9.17) is 0 Å². The molecular formula is C19H25N2O3Si. The predicted molar refractivity (Wildman–Crippen MR) is 100 cm³/mol. The Morgan fingerprint density at radius 3 is 2.36 bits per heavy atom. The van der Waals surface area contributed by atoms with Crippen LogP contribution in [0.1, 0.15) is 23.7 Å². The van der Waals surface area contributed by atoms with Crippen LogP contribution in [-0.2, 0) is 10.8 Å². The number of benzene rings is 2. The topological polar surface area (TPSA) is 72.8 Å². The average Bonchev–Trinajstić information content (AvgIpc) is 2.60. The molecule has 0 aliphatic rings. The van der Waals surface area contributed by atoms with E-state index in [2.05, 4.69) is 9.88 Å². The molecule has 0 heterocycles. The molecule has 1 amide bonds. The number of carbonyl (C=O) groups is 1. The number of phenolic OH excluding ortho intramolecular Hbond substituents is 1. The summed E-state index contributed by atoms with van der Waals surface area (Å²) in [7, 11) is 3.04. The van der Waals surface area contributed by atoms with E-state index in [-0.39, 0.29) is 18.1 Å². The monoisotopic (exact) mass is 357 g/mol. The Labute approximate surface area is 150 Å². The van der Waals surface area contributed by atoms with E-state index in [1.54, 1.807) is 12.1 Å². The van der Waals surface area contributed by atoms with Crippen molar-refractivity contribution < 1.29 is 15.0 Å². The maximum atomic E-state index is 12.1. The molecule has 1 atom stereocenters. The fourth-order valence-corrected chi connectivity index (χ4v) is 4.34. The molecule has 0 aliphatic heterocycles. The molecule has 0 fully saturated rings. The van der Waals surface area contributed by atoms with Crippen LogP contribution in [-0.4, -0.2) is 49.9 Å². The van der Waals surface area contributed by atoms with Crippen molar-refractivity contribution in [1.29, 1.82) is 0 Å². The highest BCUT2D eigenvalue weighted by Gasteiger charge is 2.18.